The van der Waals surface area contributed by atoms with Crippen molar-refractivity contribution < 1.29 is 9.84 Å². The highest BCUT2D eigenvalue weighted by Gasteiger charge is 2.08. The van der Waals surface area contributed by atoms with Crippen LogP contribution in [0.25, 0.3) is 0 Å². The van der Waals surface area contributed by atoms with E-state index in [0.717, 1.165) is 0 Å². The van der Waals surface area contributed by atoms with Gasteiger partial charge >= 0.3 is 0 Å². The molecular formula is C11H18N2O3S. The van der Waals surface area contributed by atoms with E-state index in [2.05, 4.69) is 9.97 Å². The summed E-state index contributed by atoms with van der Waals surface area (Å²) in [7, 11) is 0. The van der Waals surface area contributed by atoms with Crippen molar-refractivity contribution in [2.45, 2.75) is 38.1 Å². The van der Waals surface area contributed by atoms with Crippen molar-refractivity contribution in [3.8, 4) is 0 Å². The lowest BCUT2D eigenvalue weighted by molar-refractivity contribution is 0.0152. The Hall–Kier alpha value is -0.850. The van der Waals surface area contributed by atoms with E-state index in [1.54, 1.807) is 6.92 Å². The second-order valence-electron chi connectivity index (χ2n) is 4.04. The van der Waals surface area contributed by atoms with E-state index in [1.165, 1.54) is 17.8 Å². The second-order valence-corrected chi connectivity index (χ2v) is 5.05. The van der Waals surface area contributed by atoms with Crippen molar-refractivity contribution >= 4 is 11.8 Å². The molecule has 1 aromatic heterocycles. The van der Waals surface area contributed by atoms with Gasteiger partial charge in [-0.2, -0.15) is 0 Å². The van der Waals surface area contributed by atoms with Gasteiger partial charge in [0.2, 0.25) is 0 Å². The summed E-state index contributed by atoms with van der Waals surface area (Å²) in [5.41, 5.74) is 0.497. The minimum atomic E-state index is -0.562. The molecule has 96 valence electrons. The summed E-state index contributed by atoms with van der Waals surface area (Å²) in [5.74, 6) is 0.444. The van der Waals surface area contributed by atoms with Crippen LogP contribution in [0, 0.1) is 6.92 Å². The second kappa shape index (κ2) is 6.78. The first-order valence-electron chi connectivity index (χ1n) is 5.48. The summed E-state index contributed by atoms with van der Waals surface area (Å²) < 4.78 is 5.28. The number of hydrogen-bond donors (Lipinski definition) is 2. The Kier molecular flexibility index (Phi) is 5.67. The zero-order chi connectivity index (χ0) is 12.8. The number of nitrogens with zero attached hydrogens (tertiary/aromatic N) is 1. The maximum atomic E-state index is 11.2. The Morgan fingerprint density at radius 2 is 2.29 bits per heavy atom. The quantitative estimate of drug-likeness (QED) is 0.587. The van der Waals surface area contributed by atoms with E-state index in [1.807, 2.05) is 13.8 Å². The molecule has 0 bridgehead atoms. The monoisotopic (exact) mass is 258 g/mol. The first kappa shape index (κ1) is 14.2. The highest BCUT2D eigenvalue weighted by Crippen LogP contribution is 2.12. The van der Waals surface area contributed by atoms with Gasteiger partial charge in [0.1, 0.15) is 0 Å². The van der Waals surface area contributed by atoms with Crippen LogP contribution in [-0.2, 0) is 4.74 Å². The average Bonchev–Trinajstić information content (AvgIpc) is 2.22. The van der Waals surface area contributed by atoms with E-state index in [-0.39, 0.29) is 11.7 Å². The lowest BCUT2D eigenvalue weighted by Gasteiger charge is -2.12. The SMILES string of the molecule is Cc1cc(=O)[nH]c(SCC(O)COC(C)C)n1. The van der Waals surface area contributed by atoms with E-state index in [9.17, 15) is 9.90 Å². The molecule has 0 spiro atoms. The summed E-state index contributed by atoms with van der Waals surface area (Å²) in [6.45, 7) is 5.89. The van der Waals surface area contributed by atoms with Crippen molar-refractivity contribution in [1.82, 2.24) is 9.97 Å². The van der Waals surface area contributed by atoms with Crippen molar-refractivity contribution in [2.24, 2.45) is 0 Å². The summed E-state index contributed by atoms with van der Waals surface area (Å²) in [4.78, 5) is 17.9. The predicted octanol–water partition coefficient (Wildman–Crippen LogP) is 0.956. The van der Waals surface area contributed by atoms with Crippen LogP contribution in [0.2, 0.25) is 0 Å². The number of aliphatic hydroxyl groups excluding tert-OH is 1. The van der Waals surface area contributed by atoms with Gasteiger partial charge in [0.05, 0.1) is 18.8 Å². The third-order valence-electron chi connectivity index (χ3n) is 1.88. The van der Waals surface area contributed by atoms with Gasteiger partial charge in [0.15, 0.2) is 5.16 Å². The number of thioether (sulfide) groups is 1. The largest absolute Gasteiger partial charge is 0.390 e. The van der Waals surface area contributed by atoms with E-state index in [0.29, 0.717) is 23.2 Å². The smallest absolute Gasteiger partial charge is 0.251 e. The fourth-order valence-electron chi connectivity index (χ4n) is 1.15. The van der Waals surface area contributed by atoms with Crippen LogP contribution < -0.4 is 5.56 Å². The number of ether oxygens (including phenoxy) is 1. The third-order valence-corrected chi connectivity index (χ3v) is 2.90. The van der Waals surface area contributed by atoms with Crippen molar-refractivity contribution in [2.75, 3.05) is 12.4 Å². The molecule has 0 fully saturated rings. The Morgan fingerprint density at radius 1 is 1.59 bits per heavy atom. The van der Waals surface area contributed by atoms with Crippen LogP contribution in [0.1, 0.15) is 19.5 Å². The molecule has 5 nitrogen and oxygen atoms in total. The lowest BCUT2D eigenvalue weighted by Crippen LogP contribution is -2.21. The van der Waals surface area contributed by atoms with Crippen LogP contribution in [0.5, 0.6) is 0 Å². The highest BCUT2D eigenvalue weighted by molar-refractivity contribution is 7.99. The van der Waals surface area contributed by atoms with E-state index < -0.39 is 6.10 Å². The highest BCUT2D eigenvalue weighted by atomic mass is 32.2. The first-order chi connectivity index (χ1) is 7.97. The normalized spacial score (nSPS) is 13.0. The minimum Gasteiger partial charge on any atom is -0.390 e. The number of H-pyrrole nitrogens is 1. The number of aryl methyl sites for hydroxylation is 1. The first-order valence-corrected chi connectivity index (χ1v) is 6.46. The fraction of sp³-hybridized carbons (Fsp3) is 0.636. The van der Waals surface area contributed by atoms with Crippen LogP contribution in [0.4, 0.5) is 0 Å². The summed E-state index contributed by atoms with van der Waals surface area (Å²) in [5, 5.41) is 10.2. The van der Waals surface area contributed by atoms with Crippen LogP contribution in [0.3, 0.4) is 0 Å². The zero-order valence-electron chi connectivity index (χ0n) is 10.3. The molecule has 0 aromatic carbocycles. The molecule has 0 aliphatic heterocycles. The Bertz CT molecular complexity index is 406. The molecule has 17 heavy (non-hydrogen) atoms. The summed E-state index contributed by atoms with van der Waals surface area (Å²) in [6, 6.07) is 1.43. The molecule has 2 N–H and O–H groups in total. The number of nitrogens with one attached hydrogen (secondary N) is 1. The van der Waals surface area contributed by atoms with Gasteiger partial charge in [-0.25, -0.2) is 4.98 Å². The molecule has 0 saturated carbocycles. The van der Waals surface area contributed by atoms with Crippen LogP contribution in [0.15, 0.2) is 16.0 Å². The maximum absolute atomic E-state index is 11.2. The minimum absolute atomic E-state index is 0.103. The number of aromatic nitrogens is 2. The third kappa shape index (κ3) is 5.86. The molecule has 0 saturated heterocycles. The Morgan fingerprint density at radius 3 is 2.88 bits per heavy atom. The van der Waals surface area contributed by atoms with Gasteiger partial charge in [-0.15, -0.1) is 0 Å². The molecule has 1 rings (SSSR count). The molecular weight excluding hydrogens is 240 g/mol. The molecule has 0 aliphatic carbocycles. The molecule has 1 unspecified atom stereocenters. The molecule has 6 heteroatoms. The average molecular weight is 258 g/mol. The fourth-order valence-corrected chi connectivity index (χ4v) is 1.97. The standard InChI is InChI=1S/C11H18N2O3S/c1-7(2)16-5-9(14)6-17-11-12-8(3)4-10(15)13-11/h4,7,9,14H,5-6H2,1-3H3,(H,12,13,15). The molecule has 0 radical (unpaired) electrons. The van der Waals surface area contributed by atoms with Gasteiger partial charge in [0.25, 0.3) is 5.56 Å². The van der Waals surface area contributed by atoms with Crippen molar-refractivity contribution in [1.29, 1.82) is 0 Å². The molecule has 1 heterocycles. The number of aliphatic hydroxyl groups is 1. The molecule has 0 amide bonds. The molecule has 1 aromatic rings. The Balaban J connectivity index is 2.41. The van der Waals surface area contributed by atoms with Crippen LogP contribution >= 0.6 is 11.8 Å². The summed E-state index contributed by atoms with van der Waals surface area (Å²) in [6.07, 6.45) is -0.459. The van der Waals surface area contributed by atoms with Crippen molar-refractivity contribution in [3.05, 3.63) is 22.1 Å². The van der Waals surface area contributed by atoms with Gasteiger partial charge in [0, 0.05) is 17.5 Å². The lowest BCUT2D eigenvalue weighted by atomic mass is 10.4. The van der Waals surface area contributed by atoms with Gasteiger partial charge in [-0.1, -0.05) is 11.8 Å². The predicted molar refractivity (Wildman–Crippen MR) is 67.4 cm³/mol. The molecule has 1 atom stereocenters. The van der Waals surface area contributed by atoms with E-state index in [4.69, 9.17) is 4.74 Å². The van der Waals surface area contributed by atoms with Crippen LogP contribution in [-0.4, -0.2) is 39.6 Å². The van der Waals surface area contributed by atoms with Gasteiger partial charge in [-0.05, 0) is 20.8 Å². The maximum Gasteiger partial charge on any atom is 0.251 e. The number of aromatic amines is 1. The molecule has 0 aliphatic rings. The van der Waals surface area contributed by atoms with Gasteiger partial charge in [-0.3, -0.25) is 4.79 Å². The topological polar surface area (TPSA) is 75.2 Å². The van der Waals surface area contributed by atoms with E-state index >= 15 is 0 Å². The summed E-state index contributed by atoms with van der Waals surface area (Å²) >= 11 is 1.31. The van der Waals surface area contributed by atoms with Crippen molar-refractivity contribution in [3.63, 3.8) is 0 Å². The van der Waals surface area contributed by atoms with Gasteiger partial charge < -0.3 is 14.8 Å². The number of hydrogen-bond acceptors (Lipinski definition) is 5. The number of rotatable bonds is 6. The zero-order valence-corrected chi connectivity index (χ0v) is 11.1. The Labute approximate surface area is 105 Å².